The fourth-order valence-corrected chi connectivity index (χ4v) is 3.15. The lowest BCUT2D eigenvalue weighted by Gasteiger charge is -2.36. The number of nitrogens with one attached hydrogen (secondary N) is 1. The van der Waals surface area contributed by atoms with Crippen LogP contribution < -0.4 is 5.32 Å². The first kappa shape index (κ1) is 12.0. The number of aliphatic hydroxyl groups is 3. The second-order valence-corrected chi connectivity index (χ2v) is 5.12. The number of nitrogens with zero attached hydrogens (tertiary/aromatic N) is 1. The molecule has 2 aliphatic rings. The molecule has 6 nitrogen and oxygen atoms in total. The van der Waals surface area contributed by atoms with Gasteiger partial charge in [0.1, 0.15) is 12.1 Å². The molecule has 0 spiro atoms. The van der Waals surface area contributed by atoms with Crippen LogP contribution in [-0.2, 0) is 4.74 Å². The first-order valence-corrected chi connectivity index (χ1v) is 6.21. The summed E-state index contributed by atoms with van der Waals surface area (Å²) in [5, 5.41) is 31.2. The van der Waals surface area contributed by atoms with E-state index in [4.69, 9.17) is 9.84 Å². The Morgan fingerprint density at radius 2 is 2.19 bits per heavy atom. The van der Waals surface area contributed by atoms with Crippen molar-refractivity contribution in [3.05, 3.63) is 0 Å². The zero-order valence-corrected chi connectivity index (χ0v) is 9.72. The van der Waals surface area contributed by atoms with Crippen LogP contribution >= 0.6 is 11.8 Å². The number of hydrogen-bond donors (Lipinski definition) is 4. The molecule has 0 aromatic rings. The van der Waals surface area contributed by atoms with Crippen molar-refractivity contribution in [2.45, 2.75) is 35.9 Å². The average Bonchev–Trinajstić information content (AvgIpc) is 2.67. The molecule has 0 radical (unpaired) electrons. The molecule has 2 aliphatic heterocycles. The molecule has 0 aromatic heterocycles. The topological polar surface area (TPSA) is 94.3 Å². The number of amidine groups is 1. The molecule has 2 rings (SSSR count). The van der Waals surface area contributed by atoms with Crippen molar-refractivity contribution in [1.82, 2.24) is 5.32 Å². The van der Waals surface area contributed by atoms with E-state index in [1.807, 2.05) is 6.92 Å². The smallest absolute Gasteiger partial charge is 0.286 e. The van der Waals surface area contributed by atoms with Gasteiger partial charge >= 0.3 is 0 Å². The molecule has 0 aromatic carbocycles. The van der Waals surface area contributed by atoms with Crippen LogP contribution in [0.15, 0.2) is 4.99 Å². The molecule has 2 saturated heterocycles. The quantitative estimate of drug-likeness (QED) is 0.475. The largest absolute Gasteiger partial charge is 0.449 e. The van der Waals surface area contributed by atoms with Gasteiger partial charge in [0.25, 0.3) is 6.02 Å². The van der Waals surface area contributed by atoms with Crippen LogP contribution in [0.3, 0.4) is 0 Å². The van der Waals surface area contributed by atoms with Gasteiger partial charge in [-0.15, -0.1) is 11.8 Å². The van der Waals surface area contributed by atoms with E-state index < -0.39 is 17.5 Å². The molecule has 4 N–H and O–H groups in total. The van der Waals surface area contributed by atoms with Crippen LogP contribution in [0.4, 0.5) is 0 Å². The number of ether oxygens (including phenoxy) is 1. The molecular weight excluding hydrogens is 232 g/mol. The van der Waals surface area contributed by atoms with E-state index in [9.17, 15) is 10.2 Å². The summed E-state index contributed by atoms with van der Waals surface area (Å²) in [7, 11) is 0. The van der Waals surface area contributed by atoms with E-state index in [0.29, 0.717) is 12.6 Å². The summed E-state index contributed by atoms with van der Waals surface area (Å²) in [5.74, 6) is 0. The van der Waals surface area contributed by atoms with Crippen LogP contribution in [-0.4, -0.2) is 63.4 Å². The fraction of sp³-hybridized carbons (Fsp3) is 0.889. The van der Waals surface area contributed by atoms with Gasteiger partial charge in [0.2, 0.25) is 0 Å². The third-order valence-electron chi connectivity index (χ3n) is 2.70. The predicted molar refractivity (Wildman–Crippen MR) is 60.3 cm³/mol. The first-order chi connectivity index (χ1) is 7.67. The lowest BCUT2D eigenvalue weighted by molar-refractivity contribution is -0.0206. The molecule has 7 heteroatoms. The number of hydrogen-bond acceptors (Lipinski definition) is 6. The maximum Gasteiger partial charge on any atom is 0.286 e. The Morgan fingerprint density at radius 3 is 2.81 bits per heavy atom. The SMILES string of the molecule is CCN=C1NC2C(O1)SC(CO)C(O)C2O. The number of rotatable bonds is 2. The minimum Gasteiger partial charge on any atom is -0.449 e. The van der Waals surface area contributed by atoms with Crippen LogP contribution in [0.5, 0.6) is 0 Å². The second-order valence-electron chi connectivity index (χ2n) is 3.77. The van der Waals surface area contributed by atoms with Gasteiger partial charge in [0.15, 0.2) is 5.44 Å². The summed E-state index contributed by atoms with van der Waals surface area (Å²) < 4.78 is 5.48. The molecule has 0 bridgehead atoms. The Morgan fingerprint density at radius 1 is 1.44 bits per heavy atom. The van der Waals surface area contributed by atoms with E-state index in [1.165, 1.54) is 11.8 Å². The van der Waals surface area contributed by atoms with Crippen molar-refractivity contribution in [2.75, 3.05) is 13.2 Å². The molecule has 16 heavy (non-hydrogen) atoms. The second kappa shape index (κ2) is 4.79. The van der Waals surface area contributed by atoms with Gasteiger partial charge in [0, 0.05) is 6.54 Å². The number of fused-ring (bicyclic) bond motifs is 1. The standard InChI is InChI=1S/C9H16N2O4S/c1-2-10-9-11-5-7(14)6(13)4(3-12)16-8(5)15-9/h4-8,12-14H,2-3H2,1H3,(H,10,11). The molecule has 92 valence electrons. The summed E-state index contributed by atoms with van der Waals surface area (Å²) in [6, 6.07) is 0.0305. The summed E-state index contributed by atoms with van der Waals surface area (Å²) in [4.78, 5) is 4.07. The van der Waals surface area contributed by atoms with E-state index >= 15 is 0 Å². The van der Waals surface area contributed by atoms with Crippen LogP contribution in [0, 0.1) is 0 Å². The summed E-state index contributed by atoms with van der Waals surface area (Å²) in [5.41, 5.74) is -0.305. The van der Waals surface area contributed by atoms with E-state index in [0.717, 1.165) is 0 Å². The van der Waals surface area contributed by atoms with Gasteiger partial charge in [-0.3, -0.25) is 0 Å². The molecule has 2 heterocycles. The molecule has 5 unspecified atom stereocenters. The van der Waals surface area contributed by atoms with Crippen molar-refractivity contribution in [2.24, 2.45) is 4.99 Å². The van der Waals surface area contributed by atoms with Gasteiger partial charge in [-0.2, -0.15) is 0 Å². The number of aliphatic hydroxyl groups excluding tert-OH is 3. The lowest BCUT2D eigenvalue weighted by atomic mass is 10.0. The average molecular weight is 248 g/mol. The molecule has 0 amide bonds. The highest BCUT2D eigenvalue weighted by atomic mass is 32.2. The zero-order chi connectivity index (χ0) is 11.7. The maximum atomic E-state index is 9.86. The summed E-state index contributed by atoms with van der Waals surface area (Å²) >= 11 is 1.32. The number of thioether (sulfide) groups is 1. The van der Waals surface area contributed by atoms with Gasteiger partial charge in [-0.05, 0) is 6.92 Å². The maximum absolute atomic E-state index is 9.86. The van der Waals surface area contributed by atoms with Crippen LogP contribution in [0.25, 0.3) is 0 Å². The van der Waals surface area contributed by atoms with Crippen molar-refractivity contribution < 1.29 is 20.1 Å². The molecule has 0 aliphatic carbocycles. The minimum atomic E-state index is -0.951. The van der Waals surface area contributed by atoms with Crippen LogP contribution in [0.1, 0.15) is 6.92 Å². The summed E-state index contributed by atoms with van der Waals surface area (Å²) in [6.07, 6.45) is -1.90. The third kappa shape index (κ3) is 2.00. The Labute approximate surface area is 97.7 Å². The highest BCUT2D eigenvalue weighted by Gasteiger charge is 2.49. The van der Waals surface area contributed by atoms with E-state index in [2.05, 4.69) is 10.3 Å². The van der Waals surface area contributed by atoms with Gasteiger partial charge in [-0.25, -0.2) is 4.99 Å². The van der Waals surface area contributed by atoms with E-state index in [1.54, 1.807) is 0 Å². The minimum absolute atomic E-state index is 0.185. The summed E-state index contributed by atoms with van der Waals surface area (Å²) in [6.45, 7) is 2.29. The Bertz CT molecular complexity index is 289. The molecule has 2 fully saturated rings. The van der Waals surface area contributed by atoms with E-state index in [-0.39, 0.29) is 18.1 Å². The highest BCUT2D eigenvalue weighted by molar-refractivity contribution is 8.00. The van der Waals surface area contributed by atoms with Crippen molar-refractivity contribution in [3.8, 4) is 0 Å². The van der Waals surface area contributed by atoms with Gasteiger partial charge in [-0.1, -0.05) is 0 Å². The highest BCUT2D eigenvalue weighted by Crippen LogP contribution is 2.35. The molecular formula is C9H16N2O4S. The normalized spacial score (nSPS) is 45.0. The van der Waals surface area contributed by atoms with Crippen molar-refractivity contribution in [3.63, 3.8) is 0 Å². The molecule has 0 saturated carbocycles. The Balaban J connectivity index is 2.10. The Kier molecular flexibility index (Phi) is 3.58. The van der Waals surface area contributed by atoms with Crippen molar-refractivity contribution >= 4 is 17.8 Å². The number of aliphatic imine (C=N–C) groups is 1. The molecule has 5 atom stereocenters. The fourth-order valence-electron chi connectivity index (χ4n) is 1.85. The Hall–Kier alpha value is -0.500. The zero-order valence-electron chi connectivity index (χ0n) is 8.91. The first-order valence-electron chi connectivity index (χ1n) is 5.27. The van der Waals surface area contributed by atoms with Gasteiger partial charge in [0.05, 0.1) is 18.0 Å². The van der Waals surface area contributed by atoms with Crippen LogP contribution in [0.2, 0.25) is 0 Å². The third-order valence-corrected chi connectivity index (χ3v) is 4.14. The monoisotopic (exact) mass is 248 g/mol. The predicted octanol–water partition coefficient (Wildman–Crippen LogP) is -1.49. The lowest BCUT2D eigenvalue weighted by Crippen LogP contribution is -2.56. The van der Waals surface area contributed by atoms with Gasteiger partial charge < -0.3 is 25.4 Å². The van der Waals surface area contributed by atoms with Crippen molar-refractivity contribution in [1.29, 1.82) is 0 Å².